The standard InChI is InChI=1S/C14H21ClN2O/c1-4-8-16-13-7-6-11(15)10-12(13)14(18)17(3)9-5-2/h6-7,10,16H,4-5,8-9H2,1-3H3. The molecule has 1 aromatic rings. The van der Waals surface area contributed by atoms with Crippen LogP contribution in [0.1, 0.15) is 37.0 Å². The number of rotatable bonds is 6. The molecule has 0 aliphatic heterocycles. The van der Waals surface area contributed by atoms with Gasteiger partial charge in [-0.3, -0.25) is 4.79 Å². The average Bonchev–Trinajstić information content (AvgIpc) is 2.36. The third-order valence-corrected chi connectivity index (χ3v) is 2.92. The molecule has 4 heteroatoms. The monoisotopic (exact) mass is 268 g/mol. The lowest BCUT2D eigenvalue weighted by Gasteiger charge is -2.19. The summed E-state index contributed by atoms with van der Waals surface area (Å²) in [6.07, 6.45) is 1.96. The summed E-state index contributed by atoms with van der Waals surface area (Å²) in [6, 6.07) is 5.40. The molecule has 0 heterocycles. The van der Waals surface area contributed by atoms with Gasteiger partial charge in [-0.05, 0) is 31.0 Å². The van der Waals surface area contributed by atoms with Gasteiger partial charge in [-0.15, -0.1) is 0 Å². The van der Waals surface area contributed by atoms with E-state index in [1.165, 1.54) is 0 Å². The quantitative estimate of drug-likeness (QED) is 0.854. The van der Waals surface area contributed by atoms with E-state index in [4.69, 9.17) is 11.6 Å². The van der Waals surface area contributed by atoms with Gasteiger partial charge in [-0.2, -0.15) is 0 Å². The number of nitrogens with one attached hydrogen (secondary N) is 1. The van der Waals surface area contributed by atoms with Crippen LogP contribution in [0.3, 0.4) is 0 Å². The highest BCUT2D eigenvalue weighted by atomic mass is 35.5. The number of benzene rings is 1. The van der Waals surface area contributed by atoms with Crippen molar-refractivity contribution in [2.75, 3.05) is 25.5 Å². The molecule has 0 bridgehead atoms. The van der Waals surface area contributed by atoms with E-state index in [-0.39, 0.29) is 5.91 Å². The highest BCUT2D eigenvalue weighted by Gasteiger charge is 2.15. The molecule has 1 amide bonds. The fourth-order valence-electron chi connectivity index (χ4n) is 1.75. The summed E-state index contributed by atoms with van der Waals surface area (Å²) in [6.45, 7) is 5.74. The smallest absolute Gasteiger partial charge is 0.255 e. The average molecular weight is 269 g/mol. The van der Waals surface area contributed by atoms with Gasteiger partial charge in [-0.1, -0.05) is 25.4 Å². The van der Waals surface area contributed by atoms with Crippen LogP contribution in [0.25, 0.3) is 0 Å². The molecule has 0 aliphatic rings. The highest BCUT2D eigenvalue weighted by molar-refractivity contribution is 6.31. The highest BCUT2D eigenvalue weighted by Crippen LogP contribution is 2.22. The fraction of sp³-hybridized carbons (Fsp3) is 0.500. The van der Waals surface area contributed by atoms with E-state index in [0.717, 1.165) is 31.6 Å². The van der Waals surface area contributed by atoms with E-state index in [0.29, 0.717) is 10.6 Å². The van der Waals surface area contributed by atoms with E-state index >= 15 is 0 Å². The third-order valence-electron chi connectivity index (χ3n) is 2.68. The molecule has 18 heavy (non-hydrogen) atoms. The van der Waals surface area contributed by atoms with Crippen LogP contribution in [0.15, 0.2) is 18.2 Å². The first-order valence-electron chi connectivity index (χ1n) is 6.39. The molecule has 3 nitrogen and oxygen atoms in total. The fourth-order valence-corrected chi connectivity index (χ4v) is 1.92. The maximum Gasteiger partial charge on any atom is 0.255 e. The minimum atomic E-state index is 0.0120. The molecule has 0 atom stereocenters. The number of halogens is 1. The van der Waals surface area contributed by atoms with Crippen molar-refractivity contribution in [1.29, 1.82) is 0 Å². The number of hydrogen-bond donors (Lipinski definition) is 1. The van der Waals surface area contributed by atoms with E-state index in [2.05, 4.69) is 19.2 Å². The molecule has 0 fully saturated rings. The van der Waals surface area contributed by atoms with Gasteiger partial charge in [0.15, 0.2) is 0 Å². The van der Waals surface area contributed by atoms with Gasteiger partial charge in [0, 0.05) is 30.8 Å². The summed E-state index contributed by atoms with van der Waals surface area (Å²) in [4.78, 5) is 14.0. The normalized spacial score (nSPS) is 10.2. The molecule has 0 saturated heterocycles. The van der Waals surface area contributed by atoms with Gasteiger partial charge in [0.1, 0.15) is 0 Å². The Morgan fingerprint density at radius 3 is 2.67 bits per heavy atom. The van der Waals surface area contributed by atoms with Crippen molar-refractivity contribution in [2.45, 2.75) is 26.7 Å². The SMILES string of the molecule is CCCNc1ccc(Cl)cc1C(=O)N(C)CCC. The zero-order chi connectivity index (χ0) is 13.5. The minimum Gasteiger partial charge on any atom is -0.384 e. The Bertz CT molecular complexity index is 407. The lowest BCUT2D eigenvalue weighted by molar-refractivity contribution is 0.0796. The Kier molecular flexibility index (Phi) is 5.99. The van der Waals surface area contributed by atoms with Crippen LogP contribution in [-0.2, 0) is 0 Å². The van der Waals surface area contributed by atoms with Crippen LogP contribution >= 0.6 is 11.6 Å². The molecule has 1 rings (SSSR count). The molecular formula is C14H21ClN2O. The topological polar surface area (TPSA) is 32.3 Å². The number of amides is 1. The van der Waals surface area contributed by atoms with Crippen LogP contribution in [0.4, 0.5) is 5.69 Å². The second-order valence-corrected chi connectivity index (χ2v) is 4.78. The van der Waals surface area contributed by atoms with Crippen LogP contribution in [0.5, 0.6) is 0 Å². The van der Waals surface area contributed by atoms with Gasteiger partial charge in [0.05, 0.1) is 5.56 Å². The van der Waals surface area contributed by atoms with E-state index in [1.54, 1.807) is 17.0 Å². The molecule has 0 radical (unpaired) electrons. The van der Waals surface area contributed by atoms with Crippen LogP contribution in [-0.4, -0.2) is 30.9 Å². The van der Waals surface area contributed by atoms with Crippen molar-refractivity contribution in [3.05, 3.63) is 28.8 Å². The van der Waals surface area contributed by atoms with Crippen molar-refractivity contribution in [3.8, 4) is 0 Å². The van der Waals surface area contributed by atoms with Crippen LogP contribution in [0, 0.1) is 0 Å². The van der Waals surface area contributed by atoms with E-state index in [1.807, 2.05) is 13.1 Å². The molecule has 0 aromatic heterocycles. The van der Waals surface area contributed by atoms with Crippen molar-refractivity contribution < 1.29 is 4.79 Å². The van der Waals surface area contributed by atoms with Crippen molar-refractivity contribution in [3.63, 3.8) is 0 Å². The minimum absolute atomic E-state index is 0.0120. The lowest BCUT2D eigenvalue weighted by Crippen LogP contribution is -2.28. The second kappa shape index (κ2) is 7.27. The van der Waals surface area contributed by atoms with Gasteiger partial charge in [0.2, 0.25) is 0 Å². The predicted molar refractivity (Wildman–Crippen MR) is 77.5 cm³/mol. The summed E-state index contributed by atoms with van der Waals surface area (Å²) in [5, 5.41) is 3.85. The Balaban J connectivity index is 2.96. The van der Waals surface area contributed by atoms with Crippen LogP contribution in [0.2, 0.25) is 5.02 Å². The number of carbonyl (C=O) groups excluding carboxylic acids is 1. The molecule has 0 unspecified atom stereocenters. The molecule has 0 saturated carbocycles. The van der Waals surface area contributed by atoms with Gasteiger partial charge in [-0.25, -0.2) is 0 Å². The zero-order valence-electron chi connectivity index (χ0n) is 11.3. The Morgan fingerprint density at radius 1 is 1.33 bits per heavy atom. The van der Waals surface area contributed by atoms with E-state index in [9.17, 15) is 4.79 Å². The molecule has 0 aliphatic carbocycles. The maximum absolute atomic E-state index is 12.3. The number of hydrogen-bond acceptors (Lipinski definition) is 2. The predicted octanol–water partition coefficient (Wildman–Crippen LogP) is 3.64. The summed E-state index contributed by atoms with van der Waals surface area (Å²) in [7, 11) is 1.82. The Hall–Kier alpha value is -1.22. The molecule has 1 aromatic carbocycles. The van der Waals surface area contributed by atoms with Crippen molar-refractivity contribution >= 4 is 23.2 Å². The first kappa shape index (κ1) is 14.8. The largest absolute Gasteiger partial charge is 0.384 e. The lowest BCUT2D eigenvalue weighted by atomic mass is 10.1. The number of carbonyl (C=O) groups is 1. The molecular weight excluding hydrogens is 248 g/mol. The van der Waals surface area contributed by atoms with Gasteiger partial charge in [0.25, 0.3) is 5.91 Å². The molecule has 1 N–H and O–H groups in total. The zero-order valence-corrected chi connectivity index (χ0v) is 12.0. The number of anilines is 1. The summed E-state index contributed by atoms with van der Waals surface area (Å²) in [5.41, 5.74) is 1.50. The maximum atomic E-state index is 12.3. The first-order valence-corrected chi connectivity index (χ1v) is 6.76. The van der Waals surface area contributed by atoms with Gasteiger partial charge >= 0.3 is 0 Å². The summed E-state index contributed by atoms with van der Waals surface area (Å²) < 4.78 is 0. The molecule has 0 spiro atoms. The van der Waals surface area contributed by atoms with E-state index < -0.39 is 0 Å². The van der Waals surface area contributed by atoms with Gasteiger partial charge < -0.3 is 10.2 Å². The van der Waals surface area contributed by atoms with Crippen molar-refractivity contribution in [2.24, 2.45) is 0 Å². The van der Waals surface area contributed by atoms with Crippen molar-refractivity contribution in [1.82, 2.24) is 4.90 Å². The summed E-state index contributed by atoms with van der Waals surface area (Å²) >= 11 is 5.98. The second-order valence-electron chi connectivity index (χ2n) is 4.34. The Morgan fingerprint density at radius 2 is 2.06 bits per heavy atom. The Labute approximate surface area is 114 Å². The molecule has 100 valence electrons. The summed E-state index contributed by atoms with van der Waals surface area (Å²) in [5.74, 6) is 0.0120. The van der Waals surface area contributed by atoms with Crippen LogP contribution < -0.4 is 5.32 Å². The third kappa shape index (κ3) is 3.91. The first-order chi connectivity index (χ1) is 8.60. The number of nitrogens with zero attached hydrogens (tertiary/aromatic N) is 1.